The number of rotatable bonds is 7. The molecule has 0 bridgehead atoms. The van der Waals surface area contributed by atoms with E-state index in [-0.39, 0.29) is 12.1 Å². The van der Waals surface area contributed by atoms with Crippen LogP contribution in [0.15, 0.2) is 24.3 Å². The number of nitriles is 1. The van der Waals surface area contributed by atoms with Crippen LogP contribution in [0.2, 0.25) is 0 Å². The summed E-state index contributed by atoms with van der Waals surface area (Å²) in [7, 11) is 0. The summed E-state index contributed by atoms with van der Waals surface area (Å²) in [5.74, 6) is 1.62. The third kappa shape index (κ3) is 6.30. The van der Waals surface area contributed by atoms with E-state index >= 15 is 0 Å². The number of benzene rings is 1. The number of carbonyl (C=O) groups is 1. The largest absolute Gasteiger partial charge is 0.459 e. The van der Waals surface area contributed by atoms with Gasteiger partial charge in [-0.2, -0.15) is 17.0 Å². The van der Waals surface area contributed by atoms with E-state index in [2.05, 4.69) is 6.07 Å². The molecule has 0 saturated heterocycles. The van der Waals surface area contributed by atoms with Crippen LogP contribution in [0.5, 0.6) is 0 Å². The summed E-state index contributed by atoms with van der Waals surface area (Å²) in [6.07, 6.45) is 1.45. The van der Waals surface area contributed by atoms with Gasteiger partial charge in [0.2, 0.25) is 0 Å². The number of hydrogen-bond acceptors (Lipinski definition) is 4. The lowest BCUT2D eigenvalue weighted by Gasteiger charge is -2.08. The molecule has 0 N–H and O–H groups in total. The van der Waals surface area contributed by atoms with E-state index in [0.717, 1.165) is 17.9 Å². The molecule has 0 heterocycles. The standard InChI is InChI=1S/C15H19NO2S/c1-12(2)18-15(17)14-7-5-13(6-8-14)11-19-10-4-3-9-16/h5-8,12H,3-4,10-11H2,1-2H3. The molecule has 1 aromatic rings. The van der Waals surface area contributed by atoms with Crippen LogP contribution in [0.4, 0.5) is 0 Å². The van der Waals surface area contributed by atoms with Gasteiger partial charge in [0.15, 0.2) is 0 Å². The quantitative estimate of drug-likeness (QED) is 0.562. The van der Waals surface area contributed by atoms with Crippen LogP contribution in [-0.2, 0) is 10.5 Å². The highest BCUT2D eigenvalue weighted by Crippen LogP contribution is 2.15. The van der Waals surface area contributed by atoms with E-state index < -0.39 is 0 Å². The van der Waals surface area contributed by atoms with Gasteiger partial charge in [-0.25, -0.2) is 4.79 Å². The Balaban J connectivity index is 2.39. The Kier molecular flexibility index (Phi) is 7.06. The molecule has 1 rings (SSSR count). The van der Waals surface area contributed by atoms with Crippen LogP contribution in [0, 0.1) is 11.3 Å². The molecule has 0 unspecified atom stereocenters. The number of ether oxygens (including phenoxy) is 1. The fourth-order valence-electron chi connectivity index (χ4n) is 1.46. The zero-order valence-corrected chi connectivity index (χ0v) is 12.2. The van der Waals surface area contributed by atoms with E-state index in [1.165, 1.54) is 5.56 Å². The summed E-state index contributed by atoms with van der Waals surface area (Å²) >= 11 is 1.80. The lowest BCUT2D eigenvalue weighted by molar-refractivity contribution is 0.0378. The Hall–Kier alpha value is -1.47. The predicted octanol–water partition coefficient (Wildman–Crippen LogP) is 3.79. The van der Waals surface area contributed by atoms with Crippen LogP contribution in [0.3, 0.4) is 0 Å². The molecule has 0 aliphatic heterocycles. The lowest BCUT2D eigenvalue weighted by Crippen LogP contribution is -2.11. The topological polar surface area (TPSA) is 50.1 Å². The average molecular weight is 277 g/mol. The number of esters is 1. The van der Waals surface area contributed by atoms with Crippen molar-refractivity contribution in [3.8, 4) is 6.07 Å². The van der Waals surface area contributed by atoms with Crippen molar-refractivity contribution >= 4 is 17.7 Å². The summed E-state index contributed by atoms with van der Waals surface area (Å²) in [5.41, 5.74) is 1.77. The monoisotopic (exact) mass is 277 g/mol. The molecule has 0 aliphatic carbocycles. The van der Waals surface area contributed by atoms with Crippen LogP contribution >= 0.6 is 11.8 Å². The van der Waals surface area contributed by atoms with E-state index in [4.69, 9.17) is 10.00 Å². The number of nitrogens with zero attached hydrogens (tertiary/aromatic N) is 1. The highest BCUT2D eigenvalue weighted by Gasteiger charge is 2.08. The second-order valence-electron chi connectivity index (χ2n) is 4.47. The molecule has 0 fully saturated rings. The predicted molar refractivity (Wildman–Crippen MR) is 78.0 cm³/mol. The van der Waals surface area contributed by atoms with Crippen LogP contribution in [0.25, 0.3) is 0 Å². The molecule has 0 amide bonds. The molecule has 1 aromatic carbocycles. The van der Waals surface area contributed by atoms with Gasteiger partial charge in [0.25, 0.3) is 0 Å². The van der Waals surface area contributed by atoms with Crippen molar-refractivity contribution in [3.05, 3.63) is 35.4 Å². The molecule has 0 aliphatic rings. The van der Waals surface area contributed by atoms with Crippen molar-refractivity contribution in [2.24, 2.45) is 0 Å². The summed E-state index contributed by atoms with van der Waals surface area (Å²) < 4.78 is 5.13. The summed E-state index contributed by atoms with van der Waals surface area (Å²) in [6.45, 7) is 3.67. The third-order valence-corrected chi connectivity index (χ3v) is 3.49. The van der Waals surface area contributed by atoms with Gasteiger partial charge in [0.05, 0.1) is 17.7 Å². The maximum atomic E-state index is 11.6. The molecular weight excluding hydrogens is 258 g/mol. The Bertz CT molecular complexity index is 434. The number of hydrogen-bond donors (Lipinski definition) is 0. The first-order valence-electron chi connectivity index (χ1n) is 6.38. The highest BCUT2D eigenvalue weighted by molar-refractivity contribution is 7.98. The van der Waals surface area contributed by atoms with Gasteiger partial charge in [-0.1, -0.05) is 12.1 Å². The first-order valence-corrected chi connectivity index (χ1v) is 7.53. The van der Waals surface area contributed by atoms with Crippen LogP contribution < -0.4 is 0 Å². The van der Waals surface area contributed by atoms with E-state index in [1.54, 1.807) is 23.9 Å². The summed E-state index contributed by atoms with van der Waals surface area (Å²) in [4.78, 5) is 11.6. The average Bonchev–Trinajstić information content (AvgIpc) is 2.38. The smallest absolute Gasteiger partial charge is 0.338 e. The van der Waals surface area contributed by atoms with E-state index in [9.17, 15) is 4.79 Å². The van der Waals surface area contributed by atoms with Gasteiger partial charge in [-0.15, -0.1) is 0 Å². The first-order chi connectivity index (χ1) is 9.13. The Labute approximate surface area is 119 Å². The third-order valence-electron chi connectivity index (χ3n) is 2.38. The molecule has 102 valence electrons. The minimum Gasteiger partial charge on any atom is -0.459 e. The van der Waals surface area contributed by atoms with Gasteiger partial charge in [-0.3, -0.25) is 0 Å². The molecule has 0 spiro atoms. The highest BCUT2D eigenvalue weighted by atomic mass is 32.2. The molecule has 0 aromatic heterocycles. The maximum absolute atomic E-state index is 11.6. The van der Waals surface area contributed by atoms with Gasteiger partial charge in [0, 0.05) is 12.2 Å². The molecule has 3 nitrogen and oxygen atoms in total. The van der Waals surface area contributed by atoms with Gasteiger partial charge in [0.1, 0.15) is 0 Å². The zero-order chi connectivity index (χ0) is 14.1. The summed E-state index contributed by atoms with van der Waals surface area (Å²) in [6, 6.07) is 9.65. The van der Waals surface area contributed by atoms with Gasteiger partial charge < -0.3 is 4.74 Å². The van der Waals surface area contributed by atoms with Gasteiger partial charge >= 0.3 is 5.97 Å². The number of carbonyl (C=O) groups excluding carboxylic acids is 1. The Morgan fingerprint density at radius 3 is 2.63 bits per heavy atom. The summed E-state index contributed by atoms with van der Waals surface area (Å²) in [5, 5.41) is 8.42. The molecule has 19 heavy (non-hydrogen) atoms. The Morgan fingerprint density at radius 2 is 2.05 bits per heavy atom. The SMILES string of the molecule is CC(C)OC(=O)c1ccc(CSCCCC#N)cc1. The fraction of sp³-hybridized carbons (Fsp3) is 0.467. The van der Waals surface area contributed by atoms with Crippen LogP contribution in [0.1, 0.15) is 42.6 Å². The van der Waals surface area contributed by atoms with Crippen molar-refractivity contribution in [1.29, 1.82) is 5.26 Å². The molecule has 0 atom stereocenters. The second kappa shape index (κ2) is 8.60. The molecule has 0 radical (unpaired) electrons. The minimum atomic E-state index is -0.275. The molecule has 4 heteroatoms. The van der Waals surface area contributed by atoms with E-state index in [0.29, 0.717) is 12.0 Å². The van der Waals surface area contributed by atoms with Crippen molar-refractivity contribution in [2.75, 3.05) is 5.75 Å². The second-order valence-corrected chi connectivity index (χ2v) is 5.57. The van der Waals surface area contributed by atoms with Crippen molar-refractivity contribution < 1.29 is 9.53 Å². The number of unbranched alkanes of at least 4 members (excludes halogenated alkanes) is 1. The Morgan fingerprint density at radius 1 is 1.37 bits per heavy atom. The molecule has 0 saturated carbocycles. The molecular formula is C15H19NO2S. The maximum Gasteiger partial charge on any atom is 0.338 e. The van der Waals surface area contributed by atoms with Gasteiger partial charge in [-0.05, 0) is 43.7 Å². The van der Waals surface area contributed by atoms with E-state index in [1.807, 2.05) is 26.0 Å². The van der Waals surface area contributed by atoms with Crippen molar-refractivity contribution in [3.63, 3.8) is 0 Å². The van der Waals surface area contributed by atoms with Crippen molar-refractivity contribution in [2.45, 2.75) is 38.5 Å². The lowest BCUT2D eigenvalue weighted by atomic mass is 10.1. The zero-order valence-electron chi connectivity index (χ0n) is 11.4. The normalized spacial score (nSPS) is 10.2. The first kappa shape index (κ1) is 15.6. The van der Waals surface area contributed by atoms with Crippen LogP contribution in [-0.4, -0.2) is 17.8 Å². The van der Waals surface area contributed by atoms with Crippen molar-refractivity contribution in [1.82, 2.24) is 0 Å². The number of thioether (sulfide) groups is 1. The minimum absolute atomic E-state index is 0.0946. The fourth-order valence-corrected chi connectivity index (χ4v) is 2.38.